The number of guanidine groups is 1. The van der Waals surface area contributed by atoms with Gasteiger partial charge in [0.15, 0.2) is 31.5 Å². The lowest BCUT2D eigenvalue weighted by atomic mass is 10.1. The van der Waals surface area contributed by atoms with Gasteiger partial charge in [0.1, 0.15) is 18.3 Å². The van der Waals surface area contributed by atoms with Gasteiger partial charge >= 0.3 is 0 Å². The Hall–Kier alpha value is -5.23. The first kappa shape index (κ1) is 39.0. The molecular weight excluding hydrogens is 737 g/mol. The van der Waals surface area contributed by atoms with Gasteiger partial charge in [0.25, 0.3) is 17.7 Å². The zero-order valence-electron chi connectivity index (χ0n) is 31.6. The molecule has 16 heteroatoms. The molecular formula is C40H44N6O9Si. The van der Waals surface area contributed by atoms with Crippen molar-refractivity contribution in [3.05, 3.63) is 96.1 Å². The number of nitrogens with one attached hydrogen (secondary N) is 1. The van der Waals surface area contributed by atoms with E-state index in [0.29, 0.717) is 4.90 Å². The Morgan fingerprint density at radius 1 is 0.929 bits per heavy atom. The zero-order valence-corrected chi connectivity index (χ0v) is 32.6. The first-order valence-electron chi connectivity index (χ1n) is 18.4. The number of aliphatic imine (C=N–C) groups is 3. The van der Waals surface area contributed by atoms with Crippen LogP contribution < -0.4 is 15.7 Å². The van der Waals surface area contributed by atoms with Crippen molar-refractivity contribution in [3.63, 3.8) is 0 Å². The van der Waals surface area contributed by atoms with Gasteiger partial charge in [0.2, 0.25) is 11.9 Å². The fourth-order valence-electron chi connectivity index (χ4n) is 8.35. The van der Waals surface area contributed by atoms with Gasteiger partial charge in [-0.15, -0.1) is 0 Å². The maximum Gasteiger partial charge on any atom is 0.282 e. The van der Waals surface area contributed by atoms with Gasteiger partial charge in [0, 0.05) is 5.92 Å². The van der Waals surface area contributed by atoms with E-state index in [0.717, 1.165) is 10.4 Å². The zero-order chi connectivity index (χ0) is 40.2. The molecule has 292 valence electrons. The number of carbonyl (C=O) groups is 4. The van der Waals surface area contributed by atoms with E-state index in [1.807, 2.05) is 81.4 Å². The van der Waals surface area contributed by atoms with Crippen molar-refractivity contribution in [2.75, 3.05) is 13.2 Å². The molecule has 4 heterocycles. The molecule has 4 amide bonds. The highest BCUT2D eigenvalue weighted by molar-refractivity contribution is 7.11. The summed E-state index contributed by atoms with van der Waals surface area (Å²) in [6.45, 7) is 8.23. The van der Waals surface area contributed by atoms with Gasteiger partial charge in [-0.2, -0.15) is 9.98 Å². The molecule has 0 bridgehead atoms. The van der Waals surface area contributed by atoms with Crippen molar-refractivity contribution < 1.29 is 44.0 Å². The number of aliphatic hydroxyl groups is 3. The molecule has 0 spiro atoms. The maximum atomic E-state index is 15.2. The molecule has 0 aromatic heterocycles. The summed E-state index contributed by atoms with van der Waals surface area (Å²) in [7, 11) is -3.68. The Balaban J connectivity index is 1.34. The summed E-state index contributed by atoms with van der Waals surface area (Å²) in [5.41, 5.74) is 0.267. The summed E-state index contributed by atoms with van der Waals surface area (Å²) in [4.78, 5) is 70.9. The van der Waals surface area contributed by atoms with Crippen molar-refractivity contribution in [1.82, 2.24) is 15.1 Å². The van der Waals surface area contributed by atoms with Gasteiger partial charge in [-0.1, -0.05) is 107 Å². The van der Waals surface area contributed by atoms with Crippen LogP contribution in [0.1, 0.15) is 55.3 Å². The van der Waals surface area contributed by atoms with Crippen LogP contribution in [0.2, 0.25) is 5.04 Å². The first-order chi connectivity index (χ1) is 26.7. The van der Waals surface area contributed by atoms with Crippen molar-refractivity contribution in [2.24, 2.45) is 20.9 Å². The topological polar surface area (TPSA) is 203 Å². The summed E-state index contributed by atoms with van der Waals surface area (Å²) in [5.74, 6) is -3.20. The third-order valence-electron chi connectivity index (χ3n) is 10.8. The number of ether oxygens (including phenoxy) is 2. The van der Waals surface area contributed by atoms with E-state index < -0.39 is 91.8 Å². The van der Waals surface area contributed by atoms with Gasteiger partial charge < -0.3 is 24.8 Å². The highest BCUT2D eigenvalue weighted by Crippen LogP contribution is 2.49. The second-order valence-electron chi connectivity index (χ2n) is 15.5. The van der Waals surface area contributed by atoms with Crippen LogP contribution in [-0.4, -0.2) is 124 Å². The number of aliphatic hydroxyl groups excluding tert-OH is 3. The molecule has 4 unspecified atom stereocenters. The lowest BCUT2D eigenvalue weighted by Crippen LogP contribution is -2.82. The molecule has 6 atom stereocenters. The molecule has 0 saturated carbocycles. The van der Waals surface area contributed by atoms with Crippen LogP contribution in [0.4, 0.5) is 0 Å². The van der Waals surface area contributed by atoms with Crippen LogP contribution in [-0.2, 0) is 19.1 Å². The Kier molecular flexibility index (Phi) is 10.2. The molecule has 15 nitrogen and oxygen atoms in total. The number of benzene rings is 3. The average molecular weight is 781 g/mol. The maximum absolute atomic E-state index is 15.2. The van der Waals surface area contributed by atoms with E-state index >= 15 is 4.79 Å². The van der Waals surface area contributed by atoms with E-state index in [2.05, 4.69) is 10.3 Å². The lowest BCUT2D eigenvalue weighted by Gasteiger charge is -2.52. The number of carbonyl (C=O) groups excluding carboxylic acids is 4. The molecule has 1 fully saturated rings. The fraction of sp³-hybridized carbons (Fsp3) is 0.375. The number of imide groups is 1. The Morgan fingerprint density at radius 3 is 2.00 bits per heavy atom. The summed E-state index contributed by atoms with van der Waals surface area (Å²) >= 11 is 0. The quantitative estimate of drug-likeness (QED) is 0.169. The molecule has 1 saturated heterocycles. The van der Waals surface area contributed by atoms with Crippen LogP contribution in [0.5, 0.6) is 0 Å². The Morgan fingerprint density at radius 2 is 1.48 bits per heavy atom. The first-order valence-corrected chi connectivity index (χ1v) is 20.4. The van der Waals surface area contributed by atoms with Gasteiger partial charge in [0.05, 0.1) is 30.7 Å². The predicted octanol–water partition coefficient (Wildman–Crippen LogP) is 0.816. The number of hydrogen-bond acceptors (Lipinski definition) is 12. The SMILES string of the molecule is CC(C)C(=O)NC1=NC(=O)C2([Si](c3ccccc3)(c3ccccc3)C(C)(C)C)N=CN([C@@H]3O[C@H](CO)C(O)C3OCC(O)N3C(=O)c4ccccc4C3=O)C2=N1. The van der Waals surface area contributed by atoms with E-state index in [1.54, 1.807) is 26.0 Å². The lowest BCUT2D eigenvalue weighted by molar-refractivity contribution is -0.122. The predicted molar refractivity (Wildman–Crippen MR) is 208 cm³/mol. The highest BCUT2D eigenvalue weighted by atomic mass is 28.3. The van der Waals surface area contributed by atoms with Crippen LogP contribution in [0.25, 0.3) is 0 Å². The van der Waals surface area contributed by atoms with Crippen LogP contribution in [0.3, 0.4) is 0 Å². The minimum absolute atomic E-state index is 0.0520. The molecule has 56 heavy (non-hydrogen) atoms. The minimum atomic E-state index is -3.68. The fourth-order valence-corrected chi connectivity index (χ4v) is 14.9. The average Bonchev–Trinajstić information content (AvgIpc) is 3.80. The Bertz CT molecular complexity index is 2070. The molecule has 7 rings (SSSR count). The normalized spacial score (nSPS) is 25.3. The third kappa shape index (κ3) is 5.95. The standard InChI is InChI=1S/C40H44N6O9Si/c1-23(2)32(50)42-38-43-36-40(37(53)44-38,56(39(3,4)5,24-14-8-6-9-15-24)25-16-10-7-11-17-25)41-22-45(36)35-31(30(49)28(20-47)55-35)54-21-29(48)46-33(51)26-18-12-13-19-27(26)34(46)52/h6-19,22-23,28-31,35,47-49H,20-21H2,1-5H3,(H,42,44,50,53)/t28-,29?,30?,31?,35-,40?/m1/s1. The van der Waals surface area contributed by atoms with Crippen molar-refractivity contribution in [3.8, 4) is 0 Å². The number of nitrogens with zero attached hydrogens (tertiary/aromatic N) is 5. The van der Waals surface area contributed by atoms with E-state index in [4.69, 9.17) is 19.5 Å². The number of fused-ring (bicyclic) bond motifs is 2. The van der Waals surface area contributed by atoms with Crippen molar-refractivity contribution in [1.29, 1.82) is 0 Å². The summed E-state index contributed by atoms with van der Waals surface area (Å²) in [5, 5.41) is 34.9. The summed E-state index contributed by atoms with van der Waals surface area (Å²) < 4.78 is 12.4. The second-order valence-corrected chi connectivity index (χ2v) is 20.3. The van der Waals surface area contributed by atoms with Crippen LogP contribution in [0, 0.1) is 5.92 Å². The minimum Gasteiger partial charge on any atom is -0.394 e. The van der Waals surface area contributed by atoms with E-state index in [1.165, 1.54) is 23.4 Å². The molecule has 4 N–H and O–H groups in total. The largest absolute Gasteiger partial charge is 0.394 e. The smallest absolute Gasteiger partial charge is 0.282 e. The number of hydrogen-bond donors (Lipinski definition) is 4. The Labute approximate surface area is 324 Å². The molecule has 3 aromatic carbocycles. The van der Waals surface area contributed by atoms with Gasteiger partial charge in [-0.05, 0) is 27.5 Å². The monoisotopic (exact) mass is 780 g/mol. The molecule has 4 aliphatic heterocycles. The second kappa shape index (κ2) is 14.7. The highest BCUT2D eigenvalue weighted by Gasteiger charge is 2.72. The molecule has 0 radical (unpaired) electrons. The van der Waals surface area contributed by atoms with Crippen molar-refractivity contribution >= 4 is 60.2 Å². The molecule has 3 aromatic rings. The van der Waals surface area contributed by atoms with Gasteiger partial charge in [-0.25, -0.2) is 4.90 Å². The molecule has 0 aliphatic carbocycles. The third-order valence-corrected chi connectivity index (χ3v) is 17.1. The number of rotatable bonds is 10. The summed E-state index contributed by atoms with van der Waals surface area (Å²) in [6.07, 6.45) is -5.76. The molecule has 4 aliphatic rings. The van der Waals surface area contributed by atoms with Gasteiger partial charge in [-0.3, -0.25) is 34.4 Å². The van der Waals surface area contributed by atoms with Crippen molar-refractivity contribution in [2.45, 2.75) is 75.6 Å². The van der Waals surface area contributed by atoms with Crippen LogP contribution >= 0.6 is 0 Å². The van der Waals surface area contributed by atoms with Crippen LogP contribution in [0.15, 0.2) is 99.9 Å². The summed E-state index contributed by atoms with van der Waals surface area (Å²) in [6, 6.07) is 25.4. The van der Waals surface area contributed by atoms with E-state index in [-0.39, 0.29) is 22.9 Å². The number of amidine groups is 1. The van der Waals surface area contributed by atoms with E-state index in [9.17, 15) is 29.7 Å². The number of amides is 4.